The number of aryl methyl sites for hydroxylation is 2. The van der Waals surface area contributed by atoms with Gasteiger partial charge in [-0.05, 0) is 79.9 Å². The maximum atomic E-state index is 12.9. The van der Waals surface area contributed by atoms with Crippen LogP contribution in [0.2, 0.25) is 0 Å². The van der Waals surface area contributed by atoms with Gasteiger partial charge in [0, 0.05) is 35.6 Å². The van der Waals surface area contributed by atoms with Crippen molar-refractivity contribution in [3.05, 3.63) is 88.0 Å². The molecule has 1 atom stereocenters. The number of aromatic hydroxyl groups is 1. The minimum Gasteiger partial charge on any atom is -0.508 e. The predicted molar refractivity (Wildman–Crippen MR) is 136 cm³/mol. The summed E-state index contributed by atoms with van der Waals surface area (Å²) in [4.78, 5) is 29.6. The van der Waals surface area contributed by atoms with Crippen molar-refractivity contribution in [1.29, 1.82) is 5.26 Å². The average molecular weight is 468 g/mol. The van der Waals surface area contributed by atoms with E-state index < -0.39 is 0 Å². The minimum absolute atomic E-state index is 0.0269. The van der Waals surface area contributed by atoms with Crippen LogP contribution in [0.25, 0.3) is 10.9 Å². The van der Waals surface area contributed by atoms with E-state index in [0.717, 1.165) is 16.9 Å². The topological polar surface area (TPSA) is 120 Å². The number of hydrogen-bond acceptors (Lipinski definition) is 6. The number of amides is 1. The number of carbonyl (C=O) groups excluding carboxylic acids is 1. The van der Waals surface area contributed by atoms with E-state index in [0.29, 0.717) is 34.1 Å². The molecule has 8 heteroatoms. The fraction of sp³-hybridized carbons (Fsp3) is 0.185. The molecule has 0 saturated heterocycles. The first kappa shape index (κ1) is 23.5. The molecule has 35 heavy (non-hydrogen) atoms. The Kier molecular flexibility index (Phi) is 6.51. The number of hydrogen-bond donors (Lipinski definition) is 3. The molecule has 3 aromatic carbocycles. The Bertz CT molecular complexity index is 1530. The van der Waals surface area contributed by atoms with Gasteiger partial charge in [0.2, 0.25) is 0 Å². The molecule has 176 valence electrons. The molecule has 4 rings (SSSR count). The van der Waals surface area contributed by atoms with Crippen LogP contribution in [0.3, 0.4) is 0 Å². The van der Waals surface area contributed by atoms with E-state index in [9.17, 15) is 14.7 Å². The summed E-state index contributed by atoms with van der Waals surface area (Å²) < 4.78 is 1.43. The molecule has 0 radical (unpaired) electrons. The lowest BCUT2D eigenvalue weighted by Gasteiger charge is -2.14. The number of fused-ring (bicyclic) bond motifs is 1. The number of nitrogens with one attached hydrogen (secondary N) is 2. The summed E-state index contributed by atoms with van der Waals surface area (Å²) in [6.45, 7) is 3.72. The van der Waals surface area contributed by atoms with Gasteiger partial charge in [-0.1, -0.05) is 6.07 Å². The summed E-state index contributed by atoms with van der Waals surface area (Å²) in [5, 5.41) is 25.8. The van der Waals surface area contributed by atoms with Crippen molar-refractivity contribution in [2.24, 2.45) is 13.0 Å². The van der Waals surface area contributed by atoms with Crippen LogP contribution in [0.1, 0.15) is 28.4 Å². The molecule has 1 unspecified atom stereocenters. The van der Waals surface area contributed by atoms with Gasteiger partial charge < -0.3 is 20.3 Å². The third kappa shape index (κ3) is 5.31. The van der Waals surface area contributed by atoms with Crippen LogP contribution in [-0.4, -0.2) is 20.6 Å². The van der Waals surface area contributed by atoms with Gasteiger partial charge in [0.05, 0.1) is 23.3 Å². The van der Waals surface area contributed by atoms with Crippen molar-refractivity contribution in [2.45, 2.75) is 20.3 Å². The van der Waals surface area contributed by atoms with E-state index in [1.54, 1.807) is 50.4 Å². The van der Waals surface area contributed by atoms with Crippen LogP contribution in [0.15, 0.2) is 65.7 Å². The van der Waals surface area contributed by atoms with Gasteiger partial charge >= 0.3 is 0 Å². The summed E-state index contributed by atoms with van der Waals surface area (Å²) in [5.74, 6) is -0.632. The van der Waals surface area contributed by atoms with Gasteiger partial charge in [-0.2, -0.15) is 5.26 Å². The second kappa shape index (κ2) is 9.69. The molecule has 0 fully saturated rings. The summed E-state index contributed by atoms with van der Waals surface area (Å²) in [6, 6.07) is 17.7. The molecule has 0 saturated carbocycles. The number of phenolic OH excluding ortho intramolecular Hbond substituents is 1. The van der Waals surface area contributed by atoms with E-state index in [4.69, 9.17) is 5.26 Å². The lowest BCUT2D eigenvalue weighted by molar-refractivity contribution is 0.102. The largest absolute Gasteiger partial charge is 0.508 e. The molecule has 4 aromatic rings. The van der Waals surface area contributed by atoms with Crippen LogP contribution >= 0.6 is 0 Å². The Morgan fingerprint density at radius 3 is 2.69 bits per heavy atom. The fourth-order valence-corrected chi connectivity index (χ4v) is 3.80. The van der Waals surface area contributed by atoms with E-state index >= 15 is 0 Å². The second-order valence-electron chi connectivity index (χ2n) is 8.62. The second-order valence-corrected chi connectivity index (χ2v) is 8.62. The van der Waals surface area contributed by atoms with Crippen LogP contribution in [-0.2, 0) is 13.5 Å². The van der Waals surface area contributed by atoms with Crippen molar-refractivity contribution in [3.63, 3.8) is 0 Å². The molecule has 1 amide bonds. The number of nitriles is 1. The van der Waals surface area contributed by atoms with Crippen LogP contribution in [0.5, 0.6) is 5.75 Å². The number of nitrogens with zero attached hydrogens (tertiary/aromatic N) is 3. The highest BCUT2D eigenvalue weighted by molar-refractivity contribution is 6.05. The number of rotatable bonds is 6. The normalized spacial score (nSPS) is 11.6. The SMILES string of the molecule is Cc1ccc(NC(=O)c2cc(O)cc(CC(C)C#N)c2)cc1Nc1ccc2ncn(C)c(=O)c2c1. The molecule has 0 aliphatic carbocycles. The van der Waals surface area contributed by atoms with Crippen LogP contribution in [0.4, 0.5) is 17.1 Å². The smallest absolute Gasteiger partial charge is 0.260 e. The van der Waals surface area contributed by atoms with Crippen molar-refractivity contribution >= 4 is 33.9 Å². The van der Waals surface area contributed by atoms with E-state index in [1.165, 1.54) is 17.0 Å². The zero-order valence-electron chi connectivity index (χ0n) is 19.7. The molecular formula is C27H25N5O3. The molecule has 0 bridgehead atoms. The van der Waals surface area contributed by atoms with Crippen molar-refractivity contribution in [1.82, 2.24) is 9.55 Å². The average Bonchev–Trinajstić information content (AvgIpc) is 2.83. The lowest BCUT2D eigenvalue weighted by Crippen LogP contribution is -2.16. The van der Waals surface area contributed by atoms with Gasteiger partial charge in [0.15, 0.2) is 0 Å². The Hall–Kier alpha value is -4.64. The van der Waals surface area contributed by atoms with Crippen LogP contribution in [0, 0.1) is 24.2 Å². The van der Waals surface area contributed by atoms with Gasteiger partial charge in [0.1, 0.15) is 5.75 Å². The zero-order chi connectivity index (χ0) is 25.1. The molecule has 0 aliphatic rings. The third-order valence-electron chi connectivity index (χ3n) is 5.69. The molecule has 8 nitrogen and oxygen atoms in total. The Morgan fingerprint density at radius 2 is 1.91 bits per heavy atom. The Labute approximate surface area is 202 Å². The highest BCUT2D eigenvalue weighted by Gasteiger charge is 2.12. The lowest BCUT2D eigenvalue weighted by atomic mass is 10.00. The molecule has 1 heterocycles. The van der Waals surface area contributed by atoms with Crippen molar-refractivity contribution in [2.75, 3.05) is 10.6 Å². The number of carbonyl (C=O) groups is 1. The van der Waals surface area contributed by atoms with E-state index in [2.05, 4.69) is 21.7 Å². The fourth-order valence-electron chi connectivity index (χ4n) is 3.80. The zero-order valence-corrected chi connectivity index (χ0v) is 19.7. The van der Waals surface area contributed by atoms with Crippen LogP contribution < -0.4 is 16.2 Å². The van der Waals surface area contributed by atoms with Crippen molar-refractivity contribution in [3.8, 4) is 11.8 Å². The highest BCUT2D eigenvalue weighted by atomic mass is 16.3. The number of benzene rings is 3. The maximum Gasteiger partial charge on any atom is 0.260 e. The van der Waals surface area contributed by atoms with E-state index in [1.807, 2.05) is 19.1 Å². The monoisotopic (exact) mass is 467 g/mol. The summed E-state index contributed by atoms with van der Waals surface area (Å²) >= 11 is 0. The van der Waals surface area contributed by atoms with Gasteiger partial charge in [0.25, 0.3) is 11.5 Å². The number of aromatic nitrogens is 2. The maximum absolute atomic E-state index is 12.9. The summed E-state index contributed by atoms with van der Waals surface area (Å²) in [5.41, 5.74) is 4.51. The molecule has 1 aromatic heterocycles. The van der Waals surface area contributed by atoms with Gasteiger partial charge in [-0.3, -0.25) is 9.59 Å². The van der Waals surface area contributed by atoms with Gasteiger partial charge in [-0.15, -0.1) is 0 Å². The first-order valence-corrected chi connectivity index (χ1v) is 11.1. The third-order valence-corrected chi connectivity index (χ3v) is 5.69. The summed E-state index contributed by atoms with van der Waals surface area (Å²) in [6.07, 6.45) is 1.93. The quantitative estimate of drug-likeness (QED) is 0.380. The van der Waals surface area contributed by atoms with Crippen molar-refractivity contribution < 1.29 is 9.90 Å². The predicted octanol–water partition coefficient (Wildman–Crippen LogP) is 4.65. The number of phenols is 1. The first-order chi connectivity index (χ1) is 16.7. The first-order valence-electron chi connectivity index (χ1n) is 11.1. The standard InChI is InChI=1S/C27H25N5O3/c1-16(14-28)8-18-9-19(11-22(33)10-18)26(34)31-21-5-4-17(2)25(13-21)30-20-6-7-24-23(12-20)27(35)32(3)15-29-24/h4-7,9-13,15-16,30,33H,8H2,1-3H3,(H,31,34). The number of anilines is 3. The molecular weight excluding hydrogens is 442 g/mol. The Morgan fingerprint density at radius 1 is 1.14 bits per heavy atom. The molecule has 3 N–H and O–H groups in total. The Balaban J connectivity index is 1.57. The minimum atomic E-state index is -0.373. The highest BCUT2D eigenvalue weighted by Crippen LogP contribution is 2.26. The molecule has 0 aliphatic heterocycles. The molecule has 0 spiro atoms. The van der Waals surface area contributed by atoms with E-state index in [-0.39, 0.29) is 23.1 Å². The van der Waals surface area contributed by atoms with Gasteiger partial charge in [-0.25, -0.2) is 4.98 Å². The summed E-state index contributed by atoms with van der Waals surface area (Å²) in [7, 11) is 1.66.